The number of aromatic nitrogens is 3. The van der Waals surface area contributed by atoms with Crippen LogP contribution in [0.1, 0.15) is 53.4 Å². The zero-order valence-electron chi connectivity index (χ0n) is 29.4. The lowest BCUT2D eigenvalue weighted by molar-refractivity contribution is -0.129. The van der Waals surface area contributed by atoms with Gasteiger partial charge in [0.05, 0.1) is 36.7 Å². The molecule has 51 heavy (non-hydrogen) atoms. The van der Waals surface area contributed by atoms with E-state index in [1.165, 1.54) is 0 Å². The number of halogens is 1. The molecule has 0 bridgehead atoms. The quantitative estimate of drug-likeness (QED) is 0.192. The fraction of sp³-hybridized carbons (Fsp3) is 0.395. The Morgan fingerprint density at radius 3 is 2.51 bits per heavy atom. The number of likely N-dealkylation sites (tertiary alicyclic amines) is 2. The van der Waals surface area contributed by atoms with Gasteiger partial charge in [-0.3, -0.25) is 24.5 Å². The van der Waals surface area contributed by atoms with Crippen LogP contribution in [0.5, 0.6) is 11.6 Å². The minimum atomic E-state index is -0.378. The Balaban J connectivity index is 1.17. The van der Waals surface area contributed by atoms with Gasteiger partial charge in [-0.05, 0) is 49.9 Å². The largest absolute Gasteiger partial charge is 0.496 e. The van der Waals surface area contributed by atoms with Crippen molar-refractivity contribution in [2.24, 2.45) is 0 Å². The number of rotatable bonds is 11. The predicted molar refractivity (Wildman–Crippen MR) is 196 cm³/mol. The van der Waals surface area contributed by atoms with E-state index in [9.17, 15) is 14.7 Å². The number of pyridine rings is 3. The molecule has 2 aliphatic rings. The first-order valence-corrected chi connectivity index (χ1v) is 17.5. The van der Waals surface area contributed by atoms with Crippen LogP contribution in [0.4, 0.5) is 5.69 Å². The molecule has 12 nitrogen and oxygen atoms in total. The summed E-state index contributed by atoms with van der Waals surface area (Å²) in [5.74, 6) is 0.812. The van der Waals surface area contributed by atoms with E-state index in [1.54, 1.807) is 39.6 Å². The van der Waals surface area contributed by atoms with Gasteiger partial charge in [0.15, 0.2) is 0 Å². The SMILES string of the molecule is COc1cc(C(=O)Nc2cccc(-c3nccc(-c4ccc(CNC5CCN(C(C)=O)CC5)c(OC)n4)c3Cl)c2C)ncc1CN1CCC(O)C1. The van der Waals surface area contributed by atoms with Crippen LogP contribution in [0, 0.1) is 6.92 Å². The Labute approximate surface area is 303 Å². The van der Waals surface area contributed by atoms with Crippen molar-refractivity contribution in [1.29, 1.82) is 0 Å². The van der Waals surface area contributed by atoms with E-state index < -0.39 is 0 Å². The van der Waals surface area contributed by atoms with Crippen LogP contribution in [-0.2, 0) is 17.9 Å². The van der Waals surface area contributed by atoms with Gasteiger partial charge >= 0.3 is 0 Å². The van der Waals surface area contributed by atoms with Crippen molar-refractivity contribution >= 4 is 29.1 Å². The summed E-state index contributed by atoms with van der Waals surface area (Å²) in [6.45, 7) is 7.60. The summed E-state index contributed by atoms with van der Waals surface area (Å²) < 4.78 is 11.3. The summed E-state index contributed by atoms with van der Waals surface area (Å²) in [5, 5.41) is 16.9. The smallest absolute Gasteiger partial charge is 0.274 e. The van der Waals surface area contributed by atoms with Gasteiger partial charge in [0.1, 0.15) is 11.4 Å². The van der Waals surface area contributed by atoms with Crippen molar-refractivity contribution in [2.75, 3.05) is 45.7 Å². The van der Waals surface area contributed by atoms with Gasteiger partial charge in [-0.15, -0.1) is 0 Å². The monoisotopic (exact) mass is 713 g/mol. The summed E-state index contributed by atoms with van der Waals surface area (Å²) >= 11 is 7.04. The number of nitrogens with one attached hydrogen (secondary N) is 2. The van der Waals surface area contributed by atoms with Gasteiger partial charge in [-0.25, -0.2) is 4.98 Å². The number of amides is 2. The number of nitrogens with zero attached hydrogens (tertiary/aromatic N) is 5. The molecule has 2 saturated heterocycles. The molecular formula is C38H44ClN7O5. The Bertz CT molecular complexity index is 1900. The van der Waals surface area contributed by atoms with Crippen LogP contribution in [0.3, 0.4) is 0 Å². The molecule has 0 radical (unpaired) electrons. The molecule has 0 spiro atoms. The number of aliphatic hydroxyl groups excluding tert-OH is 1. The molecule has 6 rings (SSSR count). The number of hydrogen-bond acceptors (Lipinski definition) is 10. The summed E-state index contributed by atoms with van der Waals surface area (Å²) in [4.78, 5) is 42.9. The van der Waals surface area contributed by atoms with Crippen LogP contribution in [0.15, 0.2) is 54.9 Å². The maximum Gasteiger partial charge on any atom is 0.274 e. The molecule has 4 aromatic rings. The number of benzene rings is 1. The lowest BCUT2D eigenvalue weighted by Crippen LogP contribution is -2.44. The maximum absolute atomic E-state index is 13.4. The van der Waals surface area contributed by atoms with Crippen LogP contribution in [-0.4, -0.2) is 94.2 Å². The second-order valence-corrected chi connectivity index (χ2v) is 13.4. The normalized spacial score (nSPS) is 16.7. The Morgan fingerprint density at radius 1 is 1.00 bits per heavy atom. The number of carbonyl (C=O) groups is 2. The van der Waals surface area contributed by atoms with Gasteiger partial charge in [0.2, 0.25) is 11.8 Å². The predicted octanol–water partition coefficient (Wildman–Crippen LogP) is 5.10. The number of β-amino-alcohol motifs (C(OH)–C–C–N with tert-alkyl or cyclic N) is 1. The Morgan fingerprint density at radius 2 is 1.80 bits per heavy atom. The lowest BCUT2D eigenvalue weighted by atomic mass is 10.0. The maximum atomic E-state index is 13.4. The highest BCUT2D eigenvalue weighted by Crippen LogP contribution is 2.38. The second-order valence-electron chi connectivity index (χ2n) is 13.0. The molecule has 1 atom stereocenters. The van der Waals surface area contributed by atoms with Crippen molar-refractivity contribution in [3.05, 3.63) is 82.3 Å². The number of ether oxygens (including phenoxy) is 2. The van der Waals surface area contributed by atoms with E-state index in [-0.39, 0.29) is 23.6 Å². The van der Waals surface area contributed by atoms with Gasteiger partial charge in [0.25, 0.3) is 5.91 Å². The van der Waals surface area contributed by atoms with Crippen molar-refractivity contribution in [2.45, 2.75) is 58.3 Å². The van der Waals surface area contributed by atoms with Crippen molar-refractivity contribution < 1.29 is 24.2 Å². The van der Waals surface area contributed by atoms with Crippen LogP contribution in [0.2, 0.25) is 5.02 Å². The average molecular weight is 714 g/mol. The fourth-order valence-electron chi connectivity index (χ4n) is 6.72. The number of piperidine rings is 1. The molecule has 0 aliphatic carbocycles. The molecule has 1 unspecified atom stereocenters. The molecule has 2 amide bonds. The molecular weight excluding hydrogens is 670 g/mol. The summed E-state index contributed by atoms with van der Waals surface area (Å²) in [7, 11) is 3.17. The molecule has 2 fully saturated rings. The zero-order chi connectivity index (χ0) is 36.1. The molecule has 0 saturated carbocycles. The van der Waals surface area contributed by atoms with Gasteiger partial charge in [0, 0.05) is 98.6 Å². The molecule has 268 valence electrons. The van der Waals surface area contributed by atoms with Crippen LogP contribution < -0.4 is 20.1 Å². The molecule has 3 aromatic heterocycles. The first-order chi connectivity index (χ1) is 24.6. The first-order valence-electron chi connectivity index (χ1n) is 17.2. The van der Waals surface area contributed by atoms with E-state index in [1.807, 2.05) is 48.2 Å². The molecule has 13 heteroatoms. The topological polar surface area (TPSA) is 142 Å². The van der Waals surface area contributed by atoms with Crippen LogP contribution >= 0.6 is 11.6 Å². The highest BCUT2D eigenvalue weighted by Gasteiger charge is 2.24. The van der Waals surface area contributed by atoms with Crippen molar-refractivity contribution in [3.63, 3.8) is 0 Å². The van der Waals surface area contributed by atoms with Crippen molar-refractivity contribution in [1.82, 2.24) is 30.1 Å². The Hall–Kier alpha value is -4.62. The van der Waals surface area contributed by atoms with Gasteiger partial charge < -0.3 is 30.1 Å². The number of methoxy groups -OCH3 is 2. The lowest BCUT2D eigenvalue weighted by Gasteiger charge is -2.31. The van der Waals surface area contributed by atoms with E-state index in [2.05, 4.69) is 25.5 Å². The van der Waals surface area contributed by atoms with E-state index in [0.717, 1.165) is 61.2 Å². The van der Waals surface area contributed by atoms with Crippen molar-refractivity contribution in [3.8, 4) is 34.1 Å². The third-order valence-electron chi connectivity index (χ3n) is 9.69. The van der Waals surface area contributed by atoms with Gasteiger partial charge in [-0.2, -0.15) is 0 Å². The molecule has 2 aliphatic heterocycles. The number of hydrogen-bond donors (Lipinski definition) is 3. The molecule has 5 heterocycles. The number of anilines is 1. The summed E-state index contributed by atoms with van der Waals surface area (Å²) in [6.07, 6.45) is 5.57. The Kier molecular flexibility index (Phi) is 11.5. The highest BCUT2D eigenvalue weighted by molar-refractivity contribution is 6.35. The fourth-order valence-corrected chi connectivity index (χ4v) is 7.03. The summed E-state index contributed by atoms with van der Waals surface area (Å²) in [5.41, 5.74) is 6.04. The molecule has 3 N–H and O–H groups in total. The number of aliphatic hydroxyl groups is 1. The summed E-state index contributed by atoms with van der Waals surface area (Å²) in [6, 6.07) is 13.3. The zero-order valence-corrected chi connectivity index (χ0v) is 30.2. The minimum absolute atomic E-state index is 0.121. The van der Waals surface area contributed by atoms with E-state index in [0.29, 0.717) is 65.0 Å². The number of carbonyl (C=O) groups excluding carboxylic acids is 2. The minimum Gasteiger partial charge on any atom is -0.496 e. The van der Waals surface area contributed by atoms with Gasteiger partial charge in [-0.1, -0.05) is 29.8 Å². The first kappa shape index (κ1) is 36.2. The average Bonchev–Trinajstić information content (AvgIpc) is 3.56. The highest BCUT2D eigenvalue weighted by atomic mass is 35.5. The van der Waals surface area contributed by atoms with Crippen LogP contribution in [0.25, 0.3) is 22.5 Å². The van der Waals surface area contributed by atoms with E-state index in [4.69, 9.17) is 26.1 Å². The third-order valence-corrected chi connectivity index (χ3v) is 10.1. The standard InChI is InChI=1S/C38H44ClN7O5/c1-23-29(6-5-7-31(23)43-37(49)33-18-34(50-3)26(20-42-33)21-45-15-13-28(48)22-45)36-35(39)30(10-14-40-36)32-9-8-25(38(44-32)51-4)19-41-27-11-16-46(17-12-27)24(2)47/h5-10,14,18,20,27-28,41,48H,11-13,15-17,19,21-22H2,1-4H3,(H,43,49). The second kappa shape index (κ2) is 16.2. The van der Waals surface area contributed by atoms with E-state index >= 15 is 0 Å². The third kappa shape index (κ3) is 8.31. The molecule has 1 aromatic carbocycles.